The van der Waals surface area contributed by atoms with Crippen LogP contribution in [0.15, 0.2) is 170 Å². The van der Waals surface area contributed by atoms with E-state index in [0.717, 1.165) is 23.4 Å². The van der Waals surface area contributed by atoms with Crippen molar-refractivity contribution in [2.45, 2.75) is 82.5 Å². The fourth-order valence-electron chi connectivity index (χ4n) is 15.1. The van der Waals surface area contributed by atoms with Crippen LogP contribution < -0.4 is 4.90 Å². The molecule has 8 aromatic rings. The van der Waals surface area contributed by atoms with Crippen molar-refractivity contribution in [3.05, 3.63) is 220 Å². The number of aryl methyl sites for hydroxylation is 2. The molecule has 0 unspecified atom stereocenters. The molecule has 4 saturated carbocycles. The second-order valence-corrected chi connectivity index (χ2v) is 21.7. The zero-order valence-corrected chi connectivity index (χ0v) is 38.1. The summed E-state index contributed by atoms with van der Waals surface area (Å²) >= 11 is 0. The first-order valence-corrected chi connectivity index (χ1v) is 24.4. The molecule has 0 N–H and O–H groups in total. The monoisotopic (exact) mass is 837 g/mol. The van der Waals surface area contributed by atoms with Crippen molar-refractivity contribution in [1.82, 2.24) is 0 Å². The molecule has 0 atom stereocenters. The molecular weight excluding hydrogens is 783 g/mol. The molecule has 4 fully saturated rings. The van der Waals surface area contributed by atoms with Gasteiger partial charge in [-0.3, -0.25) is 0 Å². The Kier molecular flexibility index (Phi) is 7.77. The van der Waals surface area contributed by atoms with Gasteiger partial charge in [-0.05, 0) is 195 Å². The van der Waals surface area contributed by atoms with Crippen LogP contribution in [0, 0.1) is 31.6 Å². The van der Waals surface area contributed by atoms with E-state index in [2.05, 4.69) is 202 Å². The van der Waals surface area contributed by atoms with Gasteiger partial charge in [-0.25, -0.2) is 0 Å². The van der Waals surface area contributed by atoms with Crippen molar-refractivity contribution < 1.29 is 0 Å². The summed E-state index contributed by atoms with van der Waals surface area (Å²) in [7, 11) is 0. The molecule has 1 spiro atoms. The van der Waals surface area contributed by atoms with Gasteiger partial charge in [0.15, 0.2) is 0 Å². The third-order valence-corrected chi connectivity index (χ3v) is 17.6. The molecule has 7 aliphatic carbocycles. The van der Waals surface area contributed by atoms with Crippen molar-refractivity contribution in [2.24, 2.45) is 17.8 Å². The molecule has 316 valence electrons. The Balaban J connectivity index is 0.911. The Morgan fingerprint density at radius 3 is 1.40 bits per heavy atom. The SMILES string of the molecule is Cc1ccc2c(c1)C1(c3ccccc3-c3cc(N(c4ccc(-c5ccc(C67CC8CC(CC(C8)C6)C7)cc5)cc4)c4ccc5c(c4)-c4ccccc4C5(C)C)ccc31)c1cc(C)ccc1-2. The van der Waals surface area contributed by atoms with Crippen LogP contribution in [0.25, 0.3) is 44.5 Å². The van der Waals surface area contributed by atoms with E-state index in [4.69, 9.17) is 0 Å². The number of fused-ring (bicyclic) bond motifs is 13. The number of anilines is 3. The summed E-state index contributed by atoms with van der Waals surface area (Å²) in [6.45, 7) is 9.23. The fourth-order valence-corrected chi connectivity index (χ4v) is 15.1. The quantitative estimate of drug-likeness (QED) is 0.167. The summed E-state index contributed by atoms with van der Waals surface area (Å²) in [5.74, 6) is 2.86. The van der Waals surface area contributed by atoms with E-state index in [9.17, 15) is 0 Å². The Morgan fingerprint density at radius 1 is 0.385 bits per heavy atom. The molecule has 0 heterocycles. The summed E-state index contributed by atoms with van der Waals surface area (Å²) in [6.07, 6.45) is 8.68. The second kappa shape index (κ2) is 13.3. The Morgan fingerprint density at radius 2 is 0.815 bits per heavy atom. The van der Waals surface area contributed by atoms with Crippen LogP contribution in [0.5, 0.6) is 0 Å². The maximum atomic E-state index is 2.51. The van der Waals surface area contributed by atoms with Crippen LogP contribution in [0.2, 0.25) is 0 Å². The van der Waals surface area contributed by atoms with Crippen LogP contribution in [-0.4, -0.2) is 0 Å². The summed E-state index contributed by atoms with van der Waals surface area (Å²) < 4.78 is 0. The topological polar surface area (TPSA) is 3.24 Å². The van der Waals surface area contributed by atoms with Crippen LogP contribution in [0.3, 0.4) is 0 Å². The molecular formula is C64H55N. The predicted octanol–water partition coefficient (Wildman–Crippen LogP) is 16.6. The number of rotatable bonds is 5. The van der Waals surface area contributed by atoms with Crippen molar-refractivity contribution in [3.63, 3.8) is 0 Å². The third kappa shape index (κ3) is 5.22. The van der Waals surface area contributed by atoms with E-state index in [-0.39, 0.29) is 10.8 Å². The van der Waals surface area contributed by atoms with E-state index in [1.807, 2.05) is 0 Å². The molecule has 1 heteroatoms. The van der Waals surface area contributed by atoms with Crippen LogP contribution in [0.1, 0.15) is 102 Å². The summed E-state index contributed by atoms with van der Waals surface area (Å²) in [6, 6.07) is 66.2. The number of hydrogen-bond donors (Lipinski definition) is 0. The number of nitrogens with zero attached hydrogens (tertiary/aromatic N) is 1. The van der Waals surface area contributed by atoms with Crippen LogP contribution in [-0.2, 0) is 16.2 Å². The molecule has 8 aromatic carbocycles. The first-order chi connectivity index (χ1) is 31.7. The van der Waals surface area contributed by atoms with Gasteiger partial charge in [0.2, 0.25) is 0 Å². The highest BCUT2D eigenvalue weighted by Gasteiger charge is 2.53. The van der Waals surface area contributed by atoms with E-state index in [1.165, 1.54) is 139 Å². The highest BCUT2D eigenvalue weighted by Crippen LogP contribution is 2.64. The lowest BCUT2D eigenvalue weighted by Gasteiger charge is -2.57. The first-order valence-electron chi connectivity index (χ1n) is 24.4. The smallest absolute Gasteiger partial charge is 0.0725 e. The van der Waals surface area contributed by atoms with Crippen molar-refractivity contribution >= 4 is 17.1 Å². The normalized spacial score (nSPS) is 22.6. The maximum Gasteiger partial charge on any atom is 0.0725 e. The summed E-state index contributed by atoms with van der Waals surface area (Å²) in [4.78, 5) is 2.51. The number of benzene rings is 8. The van der Waals surface area contributed by atoms with Crippen molar-refractivity contribution in [2.75, 3.05) is 4.90 Å². The van der Waals surface area contributed by atoms with Gasteiger partial charge in [-0.2, -0.15) is 0 Å². The lowest BCUT2D eigenvalue weighted by molar-refractivity contribution is -0.00518. The van der Waals surface area contributed by atoms with Crippen molar-refractivity contribution in [1.29, 1.82) is 0 Å². The predicted molar refractivity (Wildman–Crippen MR) is 270 cm³/mol. The third-order valence-electron chi connectivity index (χ3n) is 17.6. The molecule has 0 radical (unpaired) electrons. The largest absolute Gasteiger partial charge is 0.310 e. The Bertz CT molecular complexity index is 3200. The van der Waals surface area contributed by atoms with Gasteiger partial charge in [0.1, 0.15) is 0 Å². The molecule has 0 saturated heterocycles. The highest BCUT2D eigenvalue weighted by atomic mass is 15.1. The zero-order chi connectivity index (χ0) is 43.4. The van der Waals surface area contributed by atoms with Crippen LogP contribution in [0.4, 0.5) is 17.1 Å². The standard InChI is InChI=1S/C64H55N/c1-39-13-25-52-53-26-14-40(2)30-61(53)64(60(52)29-39)58-12-8-6-10-51(58)55-35-49(24-28-59(55)64)65(48-23-27-57-54(34-48)50-9-5-7-11-56(50)62(57,3)4)47-21-17-45(18-22-47)44-15-19-46(20-16-44)63-36-41-31-42(37-63)33-43(32-41)38-63/h5-30,34-35,41-43H,31-33,36-38H2,1-4H3. The summed E-state index contributed by atoms with van der Waals surface area (Å²) in [5, 5.41) is 0. The van der Waals surface area contributed by atoms with Crippen molar-refractivity contribution in [3.8, 4) is 44.5 Å². The zero-order valence-electron chi connectivity index (χ0n) is 38.1. The fraction of sp³-hybridized carbons (Fsp3) is 0.250. The molecule has 0 aromatic heterocycles. The first kappa shape index (κ1) is 37.9. The lowest BCUT2D eigenvalue weighted by Crippen LogP contribution is -2.48. The molecule has 1 nitrogen and oxygen atoms in total. The lowest BCUT2D eigenvalue weighted by atomic mass is 9.48. The van der Waals surface area contributed by atoms with Gasteiger partial charge in [0.25, 0.3) is 0 Å². The molecule has 0 aliphatic heterocycles. The van der Waals surface area contributed by atoms with Gasteiger partial charge in [0.05, 0.1) is 5.41 Å². The minimum Gasteiger partial charge on any atom is -0.310 e. The van der Waals surface area contributed by atoms with Gasteiger partial charge in [0, 0.05) is 22.5 Å². The molecule has 7 aliphatic rings. The van der Waals surface area contributed by atoms with Gasteiger partial charge >= 0.3 is 0 Å². The van der Waals surface area contributed by atoms with Gasteiger partial charge < -0.3 is 4.90 Å². The average Bonchev–Trinajstić information content (AvgIpc) is 3.86. The van der Waals surface area contributed by atoms with Gasteiger partial charge in [-0.15, -0.1) is 0 Å². The maximum absolute atomic E-state index is 2.51. The Hall–Kier alpha value is -6.44. The van der Waals surface area contributed by atoms with Crippen LogP contribution >= 0.6 is 0 Å². The van der Waals surface area contributed by atoms with E-state index in [0.29, 0.717) is 5.41 Å². The Labute approximate surface area is 384 Å². The van der Waals surface area contributed by atoms with E-state index < -0.39 is 0 Å². The molecule has 0 amide bonds. The molecule has 15 rings (SSSR count). The minimum atomic E-state index is -0.381. The second-order valence-electron chi connectivity index (χ2n) is 21.7. The van der Waals surface area contributed by atoms with E-state index >= 15 is 0 Å². The van der Waals surface area contributed by atoms with E-state index in [1.54, 1.807) is 5.56 Å². The number of hydrogen-bond acceptors (Lipinski definition) is 1. The molecule has 65 heavy (non-hydrogen) atoms. The summed E-state index contributed by atoms with van der Waals surface area (Å²) in [5.41, 5.74) is 26.6. The minimum absolute atomic E-state index is 0.0572. The molecule has 4 bridgehead atoms. The van der Waals surface area contributed by atoms with Gasteiger partial charge in [-0.1, -0.05) is 158 Å². The average molecular weight is 838 g/mol. The highest BCUT2D eigenvalue weighted by molar-refractivity contribution is 5.97.